The van der Waals surface area contributed by atoms with Gasteiger partial charge in [-0.2, -0.15) is 0 Å². The molecule has 2 aromatic rings. The molecular weight excluding hydrogens is 349 g/mol. The summed E-state index contributed by atoms with van der Waals surface area (Å²) in [5.41, 5.74) is -0.309. The Balaban J connectivity index is 1.64. The zero-order valence-corrected chi connectivity index (χ0v) is 14.8. The smallest absolute Gasteiger partial charge is 0.315 e. The third-order valence-corrected chi connectivity index (χ3v) is 5.48. The number of nitrogens with one attached hydrogen (secondary N) is 1. The summed E-state index contributed by atoms with van der Waals surface area (Å²) in [6, 6.07) is 13.4. The first kappa shape index (κ1) is 17.1. The number of anilines is 1. The van der Waals surface area contributed by atoms with Gasteiger partial charge in [0, 0.05) is 12.1 Å². The van der Waals surface area contributed by atoms with Crippen LogP contribution in [0.25, 0.3) is 10.8 Å². The minimum Gasteiger partial charge on any atom is -0.452 e. The van der Waals surface area contributed by atoms with Crippen LogP contribution in [0.5, 0.6) is 0 Å². The van der Waals surface area contributed by atoms with Gasteiger partial charge in [0.25, 0.3) is 5.91 Å². The van der Waals surface area contributed by atoms with Crippen LogP contribution in [-0.4, -0.2) is 22.3 Å². The van der Waals surface area contributed by atoms with Crippen molar-refractivity contribution in [2.75, 3.05) is 5.32 Å². The Kier molecular flexibility index (Phi) is 4.22. The fourth-order valence-electron chi connectivity index (χ4n) is 2.48. The third-order valence-electron chi connectivity index (χ3n) is 4.38. The molecule has 0 radical (unpaired) electrons. The molecule has 1 amide bonds. The first-order chi connectivity index (χ1) is 11.2. The standard InChI is InChI=1S/C18H17Cl2NO3/c1-11(24-16(23)17(2)10-18(17,19)20)15(22)21-14-8-7-12-5-3-4-6-13(12)9-14/h3-9,11H,10H2,1-2H3,(H,21,22)/t11-,17+/m0/s1. The summed E-state index contributed by atoms with van der Waals surface area (Å²) in [5, 5.41) is 4.84. The third kappa shape index (κ3) is 3.08. The molecule has 1 N–H and O–H groups in total. The second-order valence-corrected chi connectivity index (χ2v) is 7.80. The number of esters is 1. The lowest BCUT2D eigenvalue weighted by Crippen LogP contribution is -2.33. The van der Waals surface area contributed by atoms with Crippen molar-refractivity contribution >= 4 is 51.5 Å². The van der Waals surface area contributed by atoms with Gasteiger partial charge >= 0.3 is 5.97 Å². The average Bonchev–Trinajstić information content (AvgIpc) is 3.06. The highest BCUT2D eigenvalue weighted by Crippen LogP contribution is 2.64. The number of amides is 1. The van der Waals surface area contributed by atoms with Crippen molar-refractivity contribution in [3.63, 3.8) is 0 Å². The lowest BCUT2D eigenvalue weighted by atomic mass is 10.1. The quantitative estimate of drug-likeness (QED) is 0.649. The highest BCUT2D eigenvalue weighted by molar-refractivity contribution is 6.53. The normalized spacial score (nSPS) is 22.7. The van der Waals surface area contributed by atoms with Gasteiger partial charge in [-0.1, -0.05) is 30.3 Å². The van der Waals surface area contributed by atoms with Crippen molar-refractivity contribution in [1.29, 1.82) is 0 Å². The van der Waals surface area contributed by atoms with Gasteiger partial charge in [0.1, 0.15) is 9.75 Å². The maximum Gasteiger partial charge on any atom is 0.315 e. The van der Waals surface area contributed by atoms with E-state index in [1.165, 1.54) is 6.92 Å². The summed E-state index contributed by atoms with van der Waals surface area (Å²) in [4.78, 5) is 24.4. The summed E-state index contributed by atoms with van der Waals surface area (Å²) >= 11 is 11.9. The zero-order valence-electron chi connectivity index (χ0n) is 13.3. The molecule has 1 aliphatic rings. The molecule has 6 heteroatoms. The predicted molar refractivity (Wildman–Crippen MR) is 95.3 cm³/mol. The molecule has 0 spiro atoms. The summed E-state index contributed by atoms with van der Waals surface area (Å²) in [7, 11) is 0. The van der Waals surface area contributed by atoms with E-state index in [1.54, 1.807) is 13.0 Å². The molecule has 0 bridgehead atoms. The summed E-state index contributed by atoms with van der Waals surface area (Å²) in [6.07, 6.45) is -0.619. The highest BCUT2D eigenvalue weighted by atomic mass is 35.5. The van der Waals surface area contributed by atoms with Gasteiger partial charge in [0.15, 0.2) is 6.10 Å². The largest absolute Gasteiger partial charge is 0.452 e. The van der Waals surface area contributed by atoms with Crippen LogP contribution in [-0.2, 0) is 14.3 Å². The summed E-state index contributed by atoms with van der Waals surface area (Å²) in [6.45, 7) is 3.15. The monoisotopic (exact) mass is 365 g/mol. The van der Waals surface area contributed by atoms with Gasteiger partial charge in [0.2, 0.25) is 0 Å². The minimum absolute atomic E-state index is 0.320. The van der Waals surface area contributed by atoms with E-state index >= 15 is 0 Å². The predicted octanol–water partition coefficient (Wildman–Crippen LogP) is 4.29. The van der Waals surface area contributed by atoms with Gasteiger partial charge in [0.05, 0.1) is 0 Å². The van der Waals surface area contributed by atoms with Crippen molar-refractivity contribution in [1.82, 2.24) is 0 Å². The van der Waals surface area contributed by atoms with Gasteiger partial charge < -0.3 is 10.1 Å². The molecule has 0 heterocycles. The van der Waals surface area contributed by atoms with E-state index in [0.29, 0.717) is 12.1 Å². The number of carbonyl (C=O) groups is 2. The van der Waals surface area contributed by atoms with Gasteiger partial charge in [-0.3, -0.25) is 9.59 Å². The summed E-state index contributed by atoms with van der Waals surface area (Å²) < 4.78 is 4.10. The van der Waals surface area contributed by atoms with Gasteiger partial charge in [-0.15, -0.1) is 23.2 Å². The molecule has 0 aliphatic heterocycles. The number of rotatable bonds is 4. The number of carbonyl (C=O) groups excluding carboxylic acids is 2. The van der Waals surface area contributed by atoms with Crippen LogP contribution in [0.1, 0.15) is 20.3 Å². The molecule has 1 fully saturated rings. The fourth-order valence-corrected chi connectivity index (χ4v) is 3.17. The van der Waals surface area contributed by atoms with Crippen LogP contribution in [0.4, 0.5) is 5.69 Å². The molecular formula is C18H17Cl2NO3. The maximum absolute atomic E-state index is 12.2. The number of hydrogen-bond donors (Lipinski definition) is 1. The molecule has 24 heavy (non-hydrogen) atoms. The van der Waals surface area contributed by atoms with Crippen LogP contribution < -0.4 is 5.32 Å². The Bertz CT molecular complexity index is 821. The summed E-state index contributed by atoms with van der Waals surface area (Å²) in [5.74, 6) is -0.966. The van der Waals surface area contributed by atoms with Crippen molar-refractivity contribution < 1.29 is 14.3 Å². The molecule has 1 aliphatic carbocycles. The molecule has 1 saturated carbocycles. The number of fused-ring (bicyclic) bond motifs is 1. The fraction of sp³-hybridized carbons (Fsp3) is 0.333. The molecule has 0 aromatic heterocycles. The molecule has 3 rings (SSSR count). The maximum atomic E-state index is 12.2. The Labute approximate surface area is 150 Å². The van der Waals surface area contributed by atoms with E-state index in [1.807, 2.05) is 36.4 Å². The number of hydrogen-bond acceptors (Lipinski definition) is 3. The van der Waals surface area contributed by atoms with Gasteiger partial charge in [-0.05, 0) is 36.8 Å². The number of alkyl halides is 2. The topological polar surface area (TPSA) is 55.4 Å². The second kappa shape index (κ2) is 5.94. The van der Waals surface area contributed by atoms with E-state index in [-0.39, 0.29) is 0 Å². The molecule has 4 nitrogen and oxygen atoms in total. The minimum atomic E-state index is -1.11. The van der Waals surface area contributed by atoms with Crippen LogP contribution in [0.15, 0.2) is 42.5 Å². The Morgan fingerprint density at radius 3 is 2.42 bits per heavy atom. The van der Waals surface area contributed by atoms with Crippen LogP contribution in [0.3, 0.4) is 0 Å². The number of halogens is 2. The molecule has 2 aromatic carbocycles. The zero-order chi connectivity index (χ0) is 17.5. The van der Waals surface area contributed by atoms with Crippen LogP contribution >= 0.6 is 23.2 Å². The molecule has 126 valence electrons. The highest BCUT2D eigenvalue weighted by Gasteiger charge is 2.69. The first-order valence-corrected chi connectivity index (χ1v) is 8.37. The lowest BCUT2D eigenvalue weighted by molar-refractivity contribution is -0.158. The molecule has 0 unspecified atom stereocenters. The van der Waals surface area contributed by atoms with E-state index in [2.05, 4.69) is 5.32 Å². The van der Waals surface area contributed by atoms with E-state index in [9.17, 15) is 9.59 Å². The van der Waals surface area contributed by atoms with Crippen molar-refractivity contribution in [3.05, 3.63) is 42.5 Å². The molecule has 2 atom stereocenters. The van der Waals surface area contributed by atoms with Crippen molar-refractivity contribution in [2.45, 2.75) is 30.7 Å². The number of ether oxygens (including phenoxy) is 1. The van der Waals surface area contributed by atoms with Crippen LogP contribution in [0.2, 0.25) is 0 Å². The van der Waals surface area contributed by atoms with E-state index in [4.69, 9.17) is 27.9 Å². The lowest BCUT2D eigenvalue weighted by Gasteiger charge is -2.17. The van der Waals surface area contributed by atoms with Crippen molar-refractivity contribution in [3.8, 4) is 0 Å². The first-order valence-electron chi connectivity index (χ1n) is 7.61. The molecule has 0 saturated heterocycles. The average molecular weight is 366 g/mol. The Morgan fingerprint density at radius 1 is 1.17 bits per heavy atom. The Hall–Kier alpha value is -1.78. The Morgan fingerprint density at radius 2 is 1.79 bits per heavy atom. The van der Waals surface area contributed by atoms with Crippen molar-refractivity contribution in [2.24, 2.45) is 5.41 Å². The second-order valence-electron chi connectivity index (χ2n) is 6.31. The van der Waals surface area contributed by atoms with E-state index < -0.39 is 27.7 Å². The van der Waals surface area contributed by atoms with E-state index in [0.717, 1.165) is 10.8 Å². The number of benzene rings is 2. The van der Waals surface area contributed by atoms with Gasteiger partial charge in [-0.25, -0.2) is 0 Å². The SMILES string of the molecule is C[C@H](OC(=O)[C@@]1(C)CC1(Cl)Cl)C(=O)Nc1ccc2ccccc2c1. The van der Waals surface area contributed by atoms with Crippen LogP contribution in [0, 0.1) is 5.41 Å².